The number of H-pyrrole nitrogens is 1. The van der Waals surface area contributed by atoms with E-state index < -0.39 is 29.1 Å². The molecule has 0 bridgehead atoms. The minimum Gasteiger partial charge on any atom is -0.366 e. The van der Waals surface area contributed by atoms with E-state index in [1.54, 1.807) is 19.3 Å². The second kappa shape index (κ2) is 10.3. The molecule has 2 aromatic heterocycles. The highest BCUT2D eigenvalue weighted by atomic mass is 19.2. The van der Waals surface area contributed by atoms with Crippen molar-refractivity contribution in [1.29, 1.82) is 0 Å². The van der Waals surface area contributed by atoms with E-state index in [0.717, 1.165) is 40.0 Å². The summed E-state index contributed by atoms with van der Waals surface area (Å²) >= 11 is 0. The van der Waals surface area contributed by atoms with Gasteiger partial charge in [0.1, 0.15) is 11.4 Å². The first-order valence-electron chi connectivity index (χ1n) is 12.3. The summed E-state index contributed by atoms with van der Waals surface area (Å²) in [6.45, 7) is 2.11. The van der Waals surface area contributed by atoms with Crippen molar-refractivity contribution in [2.45, 2.75) is 25.0 Å². The molecular formula is C28H28F2N8O. The lowest BCUT2D eigenvalue weighted by molar-refractivity contribution is -0.112. The molecule has 3 heterocycles. The Labute approximate surface area is 223 Å². The van der Waals surface area contributed by atoms with E-state index in [9.17, 15) is 13.6 Å². The Kier molecular flexibility index (Phi) is 6.83. The van der Waals surface area contributed by atoms with Crippen molar-refractivity contribution in [3.63, 3.8) is 0 Å². The quantitative estimate of drug-likeness (QED) is 0.276. The molecule has 0 saturated carbocycles. The van der Waals surface area contributed by atoms with Gasteiger partial charge in [-0.25, -0.2) is 13.8 Å². The number of pyridine rings is 1. The largest absolute Gasteiger partial charge is 0.366 e. The van der Waals surface area contributed by atoms with Gasteiger partial charge in [0.15, 0.2) is 23.1 Å². The van der Waals surface area contributed by atoms with Crippen molar-refractivity contribution < 1.29 is 13.6 Å². The summed E-state index contributed by atoms with van der Waals surface area (Å²) in [5.41, 5.74) is 8.48. The molecule has 0 saturated heterocycles. The summed E-state index contributed by atoms with van der Waals surface area (Å²) < 4.78 is 27.7. The monoisotopic (exact) mass is 530 g/mol. The van der Waals surface area contributed by atoms with Crippen molar-refractivity contribution in [3.05, 3.63) is 89.9 Å². The van der Waals surface area contributed by atoms with Crippen LogP contribution in [0.4, 0.5) is 14.6 Å². The maximum absolute atomic E-state index is 14.1. The van der Waals surface area contributed by atoms with Crippen LogP contribution >= 0.6 is 0 Å². The molecule has 2 unspecified atom stereocenters. The predicted molar refractivity (Wildman–Crippen MR) is 147 cm³/mol. The number of nitrogens with zero attached hydrogens (tertiary/aromatic N) is 4. The van der Waals surface area contributed by atoms with E-state index >= 15 is 0 Å². The van der Waals surface area contributed by atoms with Gasteiger partial charge < -0.3 is 16.0 Å². The lowest BCUT2D eigenvalue weighted by atomic mass is 9.82. The highest BCUT2D eigenvalue weighted by Gasteiger charge is 2.44. The first kappa shape index (κ1) is 26.0. The molecule has 2 aromatic carbocycles. The van der Waals surface area contributed by atoms with Crippen LogP contribution in [-0.4, -0.2) is 46.6 Å². The molecule has 5 N–H and O–H groups in total. The number of nitrogens with one attached hydrogen (secondary N) is 3. The minimum atomic E-state index is -1.26. The molecule has 39 heavy (non-hydrogen) atoms. The van der Waals surface area contributed by atoms with E-state index in [2.05, 4.69) is 30.8 Å². The molecule has 1 aliphatic heterocycles. The van der Waals surface area contributed by atoms with Crippen molar-refractivity contribution >= 4 is 28.5 Å². The Morgan fingerprint density at radius 2 is 1.87 bits per heavy atom. The number of fused-ring (bicyclic) bond motifs is 1. The lowest BCUT2D eigenvalue weighted by Gasteiger charge is -2.42. The number of aromatic amines is 1. The van der Waals surface area contributed by atoms with E-state index in [1.807, 2.05) is 49.3 Å². The summed E-state index contributed by atoms with van der Waals surface area (Å²) in [4.78, 5) is 23.1. The number of amides is 1. The molecular weight excluding hydrogens is 502 g/mol. The maximum atomic E-state index is 14.1. The van der Waals surface area contributed by atoms with Gasteiger partial charge in [-0.15, -0.1) is 0 Å². The van der Waals surface area contributed by atoms with Crippen molar-refractivity contribution in [2.24, 2.45) is 10.7 Å². The molecule has 0 aliphatic carbocycles. The van der Waals surface area contributed by atoms with Gasteiger partial charge in [-0.2, -0.15) is 5.10 Å². The van der Waals surface area contributed by atoms with Crippen molar-refractivity contribution in [1.82, 2.24) is 25.8 Å². The number of carbonyl (C=O) groups is 1. The SMILES string of the molecule is CC(c1ccc(F)c(F)c1)C1(NCc2ccc(-c3cnc4[nH]nc(N(C)C)c4c3)cc2)NC=CN=C1C(N)=O. The molecule has 200 valence electrons. The molecule has 1 aliphatic rings. The van der Waals surface area contributed by atoms with E-state index in [1.165, 1.54) is 12.3 Å². The fourth-order valence-corrected chi connectivity index (χ4v) is 4.80. The third-order valence-electron chi connectivity index (χ3n) is 6.97. The van der Waals surface area contributed by atoms with Gasteiger partial charge in [0.2, 0.25) is 0 Å². The number of halogens is 2. The van der Waals surface area contributed by atoms with Gasteiger partial charge >= 0.3 is 0 Å². The number of rotatable bonds is 8. The molecule has 4 aromatic rings. The number of benzene rings is 2. The summed E-state index contributed by atoms with van der Waals surface area (Å²) in [5.74, 6) is -2.41. The van der Waals surface area contributed by atoms with E-state index in [0.29, 0.717) is 17.8 Å². The zero-order chi connectivity index (χ0) is 27.7. The average Bonchev–Trinajstić information content (AvgIpc) is 3.37. The van der Waals surface area contributed by atoms with Gasteiger partial charge in [0, 0.05) is 50.7 Å². The number of carbonyl (C=O) groups excluding carboxylic acids is 1. The molecule has 0 spiro atoms. The first-order chi connectivity index (χ1) is 18.7. The number of nitrogens with two attached hydrogens (primary N) is 1. The number of aliphatic imine (C=N–C) groups is 1. The third kappa shape index (κ3) is 4.84. The standard InChI is InChI=1S/C28H28F2N8O/c1-16(19-8-9-22(29)23(30)13-19)28(24(25(31)39)32-10-11-34-28)35-14-17-4-6-18(7-5-17)20-12-21-26(33-15-20)36-37-27(21)38(2)3/h4-13,15-16,34-35H,14H2,1-3H3,(H2,31,39)(H,33,36,37). The highest BCUT2D eigenvalue weighted by Crippen LogP contribution is 2.31. The van der Waals surface area contributed by atoms with Crippen LogP contribution in [0.5, 0.6) is 0 Å². The van der Waals surface area contributed by atoms with Crippen LogP contribution in [0.3, 0.4) is 0 Å². The fraction of sp³-hybridized carbons (Fsp3) is 0.214. The van der Waals surface area contributed by atoms with Crippen LogP contribution in [0.2, 0.25) is 0 Å². The van der Waals surface area contributed by atoms with E-state index in [-0.39, 0.29) is 5.71 Å². The molecule has 0 radical (unpaired) electrons. The Morgan fingerprint density at radius 1 is 1.10 bits per heavy atom. The fourth-order valence-electron chi connectivity index (χ4n) is 4.80. The maximum Gasteiger partial charge on any atom is 0.267 e. The molecule has 2 atom stereocenters. The van der Waals surface area contributed by atoms with Crippen LogP contribution in [0.1, 0.15) is 24.0 Å². The Balaban J connectivity index is 1.42. The average molecular weight is 531 g/mol. The number of hydrogen-bond donors (Lipinski definition) is 4. The smallest absolute Gasteiger partial charge is 0.267 e. The molecule has 0 fully saturated rings. The molecule has 9 nitrogen and oxygen atoms in total. The lowest BCUT2D eigenvalue weighted by Crippen LogP contribution is -2.67. The summed E-state index contributed by atoms with van der Waals surface area (Å²) in [6.07, 6.45) is 4.80. The minimum absolute atomic E-state index is 0.0371. The van der Waals surface area contributed by atoms with Gasteiger partial charge in [-0.3, -0.25) is 20.2 Å². The molecule has 1 amide bonds. The number of anilines is 1. The van der Waals surface area contributed by atoms with Crippen LogP contribution in [0.15, 0.2) is 72.1 Å². The molecule has 5 rings (SSSR count). The van der Waals surface area contributed by atoms with Crippen molar-refractivity contribution in [3.8, 4) is 11.1 Å². The van der Waals surface area contributed by atoms with Crippen molar-refractivity contribution in [2.75, 3.05) is 19.0 Å². The van der Waals surface area contributed by atoms with Crippen LogP contribution in [-0.2, 0) is 11.3 Å². The predicted octanol–water partition coefficient (Wildman–Crippen LogP) is 3.56. The van der Waals surface area contributed by atoms with Gasteiger partial charge in [0.05, 0.1) is 5.39 Å². The third-order valence-corrected chi connectivity index (χ3v) is 6.97. The Bertz CT molecular complexity index is 1600. The van der Waals surface area contributed by atoms with Crippen LogP contribution in [0.25, 0.3) is 22.2 Å². The summed E-state index contributed by atoms with van der Waals surface area (Å²) in [6, 6.07) is 13.6. The second-order valence-corrected chi connectivity index (χ2v) is 9.62. The van der Waals surface area contributed by atoms with Crippen LogP contribution in [0, 0.1) is 11.6 Å². The highest BCUT2D eigenvalue weighted by molar-refractivity contribution is 6.42. The first-order valence-corrected chi connectivity index (χ1v) is 12.3. The van der Waals surface area contributed by atoms with E-state index in [4.69, 9.17) is 5.73 Å². The normalized spacial score (nSPS) is 17.5. The topological polar surface area (TPSA) is 124 Å². The Morgan fingerprint density at radius 3 is 2.56 bits per heavy atom. The second-order valence-electron chi connectivity index (χ2n) is 9.62. The number of hydrogen-bond acceptors (Lipinski definition) is 7. The van der Waals surface area contributed by atoms with Gasteiger partial charge in [0.25, 0.3) is 5.91 Å². The summed E-state index contributed by atoms with van der Waals surface area (Å²) in [7, 11) is 3.85. The zero-order valence-corrected chi connectivity index (χ0v) is 21.7. The Hall–Kier alpha value is -4.64. The van der Waals surface area contributed by atoms with Crippen LogP contribution < -0.4 is 21.3 Å². The van der Waals surface area contributed by atoms with Gasteiger partial charge in [-0.05, 0) is 34.9 Å². The number of primary amides is 1. The molecule has 11 heteroatoms. The number of aromatic nitrogens is 3. The summed E-state index contributed by atoms with van der Waals surface area (Å²) in [5, 5.41) is 14.7. The van der Waals surface area contributed by atoms with Gasteiger partial charge in [-0.1, -0.05) is 37.3 Å². The zero-order valence-electron chi connectivity index (χ0n) is 21.7.